The van der Waals surface area contributed by atoms with E-state index in [9.17, 15) is 9.59 Å². The highest BCUT2D eigenvalue weighted by atomic mass is 16.1. The SMILES string of the molecule is C=C1CC2=CC(=O)C=C(C)[C@]2(C)[C@@H]2CC[C@]3(C)C(=O)CC[C@H]3[C@H]12. The summed E-state index contributed by atoms with van der Waals surface area (Å²) < 4.78 is 0. The van der Waals surface area contributed by atoms with Gasteiger partial charge in [0.25, 0.3) is 0 Å². The first-order valence-electron chi connectivity index (χ1n) is 8.93. The Balaban J connectivity index is 1.81. The third kappa shape index (κ3) is 1.75. The van der Waals surface area contributed by atoms with Crippen molar-refractivity contribution in [1.82, 2.24) is 0 Å². The number of carbonyl (C=O) groups is 2. The van der Waals surface area contributed by atoms with Gasteiger partial charge in [-0.25, -0.2) is 0 Å². The lowest BCUT2D eigenvalue weighted by Gasteiger charge is -2.57. The Morgan fingerprint density at radius 2 is 1.87 bits per heavy atom. The molecule has 0 aromatic carbocycles. The summed E-state index contributed by atoms with van der Waals surface area (Å²) >= 11 is 0. The number of hydrogen-bond acceptors (Lipinski definition) is 2. The first-order chi connectivity index (χ1) is 10.8. The summed E-state index contributed by atoms with van der Waals surface area (Å²) in [7, 11) is 0. The van der Waals surface area contributed by atoms with Crippen LogP contribution in [0.15, 0.2) is 35.5 Å². The van der Waals surface area contributed by atoms with E-state index in [0.29, 0.717) is 23.5 Å². The van der Waals surface area contributed by atoms with Crippen molar-refractivity contribution in [3.05, 3.63) is 35.5 Å². The van der Waals surface area contributed by atoms with Gasteiger partial charge in [-0.1, -0.05) is 37.1 Å². The summed E-state index contributed by atoms with van der Waals surface area (Å²) in [6.07, 6.45) is 8.32. The lowest BCUT2D eigenvalue weighted by atomic mass is 9.46. The van der Waals surface area contributed by atoms with Gasteiger partial charge in [0.15, 0.2) is 5.78 Å². The summed E-state index contributed by atoms with van der Waals surface area (Å²) in [6.45, 7) is 11.0. The van der Waals surface area contributed by atoms with Crippen LogP contribution < -0.4 is 0 Å². The number of ketones is 2. The number of hydrogen-bond donors (Lipinski definition) is 0. The minimum atomic E-state index is -0.135. The van der Waals surface area contributed by atoms with Crippen LogP contribution in [-0.2, 0) is 9.59 Å². The molecule has 0 bridgehead atoms. The average Bonchev–Trinajstić information content (AvgIpc) is 2.78. The predicted molar refractivity (Wildman–Crippen MR) is 90.8 cm³/mol. The molecule has 0 unspecified atom stereocenters. The minimum Gasteiger partial charge on any atom is -0.299 e. The largest absolute Gasteiger partial charge is 0.299 e. The van der Waals surface area contributed by atoms with Gasteiger partial charge < -0.3 is 0 Å². The zero-order valence-electron chi connectivity index (χ0n) is 14.4. The highest BCUT2D eigenvalue weighted by Crippen LogP contribution is 2.65. The molecule has 0 aromatic rings. The molecule has 122 valence electrons. The van der Waals surface area contributed by atoms with Gasteiger partial charge in [-0.15, -0.1) is 0 Å². The van der Waals surface area contributed by atoms with E-state index in [2.05, 4.69) is 27.4 Å². The van der Waals surface area contributed by atoms with Gasteiger partial charge in [0, 0.05) is 17.3 Å². The van der Waals surface area contributed by atoms with Gasteiger partial charge >= 0.3 is 0 Å². The Labute approximate surface area is 138 Å². The number of carbonyl (C=O) groups excluding carboxylic acids is 2. The smallest absolute Gasteiger partial charge is 0.178 e. The van der Waals surface area contributed by atoms with E-state index in [1.54, 1.807) is 0 Å². The molecule has 2 nitrogen and oxygen atoms in total. The molecule has 0 aromatic heterocycles. The number of allylic oxidation sites excluding steroid dienone is 5. The maximum atomic E-state index is 12.5. The lowest BCUT2D eigenvalue weighted by Crippen LogP contribution is -2.51. The van der Waals surface area contributed by atoms with Gasteiger partial charge in [0.05, 0.1) is 0 Å². The predicted octanol–water partition coefficient (Wildman–Crippen LogP) is 4.42. The molecule has 0 amide bonds. The Bertz CT molecular complexity index is 695. The highest BCUT2D eigenvalue weighted by molar-refractivity contribution is 6.02. The van der Waals surface area contributed by atoms with Crippen molar-refractivity contribution in [2.45, 2.75) is 52.9 Å². The second-order valence-electron chi connectivity index (χ2n) is 8.59. The highest BCUT2D eigenvalue weighted by Gasteiger charge is 2.60. The fourth-order valence-corrected chi connectivity index (χ4v) is 6.24. The Hall–Kier alpha value is -1.44. The monoisotopic (exact) mass is 310 g/mol. The molecule has 0 aliphatic heterocycles. The topological polar surface area (TPSA) is 34.1 Å². The molecule has 0 spiro atoms. The van der Waals surface area contributed by atoms with Gasteiger partial charge in [-0.05, 0) is 62.5 Å². The summed E-state index contributed by atoms with van der Waals surface area (Å²) in [6, 6.07) is 0. The number of Topliss-reactive ketones (excluding diaryl/α,β-unsaturated/α-hetero) is 1. The van der Waals surface area contributed by atoms with Gasteiger partial charge in [0.2, 0.25) is 0 Å². The zero-order chi connectivity index (χ0) is 16.6. The molecule has 4 aliphatic rings. The molecule has 3 fully saturated rings. The molecule has 0 heterocycles. The van der Waals surface area contributed by atoms with Crippen molar-refractivity contribution in [2.24, 2.45) is 28.6 Å². The molecule has 4 rings (SSSR count). The maximum absolute atomic E-state index is 12.5. The lowest BCUT2D eigenvalue weighted by molar-refractivity contribution is -0.130. The number of rotatable bonds is 0. The average molecular weight is 310 g/mol. The summed E-state index contributed by atoms with van der Waals surface area (Å²) in [5.74, 6) is 1.96. The van der Waals surface area contributed by atoms with Crippen LogP contribution in [0.3, 0.4) is 0 Å². The van der Waals surface area contributed by atoms with E-state index in [0.717, 1.165) is 32.1 Å². The van der Waals surface area contributed by atoms with Crippen molar-refractivity contribution in [3.63, 3.8) is 0 Å². The fraction of sp³-hybridized carbons (Fsp3) is 0.619. The van der Waals surface area contributed by atoms with Crippen LogP contribution in [0.1, 0.15) is 52.9 Å². The van der Waals surface area contributed by atoms with Crippen LogP contribution >= 0.6 is 0 Å². The summed E-state index contributed by atoms with van der Waals surface area (Å²) in [5.41, 5.74) is 3.56. The molecule has 2 heteroatoms. The van der Waals surface area contributed by atoms with E-state index < -0.39 is 0 Å². The van der Waals surface area contributed by atoms with Gasteiger partial charge in [-0.2, -0.15) is 0 Å². The van der Waals surface area contributed by atoms with Crippen LogP contribution in [0.2, 0.25) is 0 Å². The summed E-state index contributed by atoms with van der Waals surface area (Å²) in [4.78, 5) is 24.5. The Morgan fingerprint density at radius 3 is 2.61 bits per heavy atom. The van der Waals surface area contributed by atoms with E-state index >= 15 is 0 Å². The molecular formula is C21H26O2. The third-order valence-electron chi connectivity index (χ3n) is 7.77. The molecular weight excluding hydrogens is 284 g/mol. The first-order valence-corrected chi connectivity index (χ1v) is 8.93. The van der Waals surface area contributed by atoms with Crippen LogP contribution in [-0.4, -0.2) is 11.6 Å². The zero-order valence-corrected chi connectivity index (χ0v) is 14.4. The van der Waals surface area contributed by atoms with E-state index in [4.69, 9.17) is 0 Å². The molecule has 4 aliphatic carbocycles. The van der Waals surface area contributed by atoms with Crippen LogP contribution in [0, 0.1) is 28.6 Å². The maximum Gasteiger partial charge on any atom is 0.178 e. The first kappa shape index (κ1) is 15.1. The Kier molecular flexibility index (Phi) is 2.99. The Morgan fingerprint density at radius 1 is 1.13 bits per heavy atom. The second-order valence-corrected chi connectivity index (χ2v) is 8.59. The minimum absolute atomic E-state index is 0.0211. The summed E-state index contributed by atoms with van der Waals surface area (Å²) in [5, 5.41) is 0. The molecule has 23 heavy (non-hydrogen) atoms. The van der Waals surface area contributed by atoms with Crippen LogP contribution in [0.4, 0.5) is 0 Å². The number of fused-ring (bicyclic) bond motifs is 5. The standard InChI is InChI=1S/C21H26O2/c1-12-9-14-11-15(22)10-13(2)21(14,4)17-7-8-20(3)16(19(12)17)5-6-18(20)23/h10-11,16-17,19H,1,5-9H2,2-4H3/t16-,17+,19-,20-,21-/m0/s1. The van der Waals surface area contributed by atoms with Crippen LogP contribution in [0.5, 0.6) is 0 Å². The van der Waals surface area contributed by atoms with Crippen LogP contribution in [0.25, 0.3) is 0 Å². The van der Waals surface area contributed by atoms with Gasteiger partial charge in [0.1, 0.15) is 5.78 Å². The van der Waals surface area contributed by atoms with Crippen molar-refractivity contribution in [1.29, 1.82) is 0 Å². The molecule has 0 saturated heterocycles. The van der Waals surface area contributed by atoms with E-state index in [1.807, 2.05) is 12.2 Å². The quantitative estimate of drug-likeness (QED) is 0.621. The normalized spacial score (nSPS) is 45.9. The molecule has 0 N–H and O–H groups in total. The van der Waals surface area contributed by atoms with E-state index in [1.165, 1.54) is 16.7 Å². The molecule has 5 atom stereocenters. The van der Waals surface area contributed by atoms with E-state index in [-0.39, 0.29) is 16.6 Å². The molecule has 0 radical (unpaired) electrons. The third-order valence-corrected chi connectivity index (χ3v) is 7.77. The van der Waals surface area contributed by atoms with Crippen molar-refractivity contribution < 1.29 is 9.59 Å². The fourth-order valence-electron chi connectivity index (χ4n) is 6.24. The molecule has 3 saturated carbocycles. The van der Waals surface area contributed by atoms with Crippen molar-refractivity contribution in [2.75, 3.05) is 0 Å². The van der Waals surface area contributed by atoms with Crippen molar-refractivity contribution in [3.8, 4) is 0 Å². The van der Waals surface area contributed by atoms with Crippen molar-refractivity contribution >= 4 is 11.6 Å². The second kappa shape index (κ2) is 4.55. The van der Waals surface area contributed by atoms with Gasteiger partial charge in [-0.3, -0.25) is 9.59 Å².